The van der Waals surface area contributed by atoms with Gasteiger partial charge in [-0.2, -0.15) is 0 Å². The van der Waals surface area contributed by atoms with Gasteiger partial charge in [0.1, 0.15) is 11.2 Å². The van der Waals surface area contributed by atoms with Crippen LogP contribution in [0.4, 0.5) is 0 Å². The molecule has 6 aromatic carbocycles. The monoisotopic (exact) mass is 472 g/mol. The van der Waals surface area contributed by atoms with Crippen molar-refractivity contribution < 1.29 is 4.42 Å². The molecule has 0 aliphatic heterocycles. The summed E-state index contributed by atoms with van der Waals surface area (Å²) < 4.78 is 6.11. The number of para-hydroxylation sites is 1. The summed E-state index contributed by atoms with van der Waals surface area (Å²) in [6, 6.07) is 41.9. The van der Waals surface area contributed by atoms with Crippen LogP contribution in [0.2, 0.25) is 0 Å². The lowest BCUT2D eigenvalue weighted by Crippen LogP contribution is -1.96. The van der Waals surface area contributed by atoms with E-state index in [-0.39, 0.29) is 0 Å². The SMILES string of the molecule is c1ccc(-c2nc3c(ccc4ccccc43)nc2-c2ccc3c(ccc4oc5ccccc5c43)c2)cc1. The van der Waals surface area contributed by atoms with Crippen LogP contribution in [0.25, 0.3) is 77.0 Å². The topological polar surface area (TPSA) is 38.9 Å². The Hall–Kier alpha value is -5.02. The number of rotatable bonds is 2. The summed E-state index contributed by atoms with van der Waals surface area (Å²) in [4.78, 5) is 10.4. The smallest absolute Gasteiger partial charge is 0.136 e. The van der Waals surface area contributed by atoms with E-state index in [9.17, 15) is 0 Å². The quantitative estimate of drug-likeness (QED) is 0.235. The molecule has 3 nitrogen and oxygen atoms in total. The average molecular weight is 473 g/mol. The maximum Gasteiger partial charge on any atom is 0.136 e. The summed E-state index contributed by atoms with van der Waals surface area (Å²) >= 11 is 0. The zero-order valence-electron chi connectivity index (χ0n) is 19.8. The first-order valence-electron chi connectivity index (χ1n) is 12.4. The van der Waals surface area contributed by atoms with Gasteiger partial charge in [0.2, 0.25) is 0 Å². The van der Waals surface area contributed by atoms with Crippen LogP contribution < -0.4 is 0 Å². The highest BCUT2D eigenvalue weighted by molar-refractivity contribution is 6.19. The highest BCUT2D eigenvalue weighted by Crippen LogP contribution is 2.38. The van der Waals surface area contributed by atoms with E-state index in [0.29, 0.717) is 0 Å². The fourth-order valence-corrected chi connectivity index (χ4v) is 5.49. The van der Waals surface area contributed by atoms with Crippen LogP contribution in [0.15, 0.2) is 126 Å². The summed E-state index contributed by atoms with van der Waals surface area (Å²) in [5.74, 6) is 0. The third-order valence-electron chi connectivity index (χ3n) is 7.24. The highest BCUT2D eigenvalue weighted by Gasteiger charge is 2.16. The maximum atomic E-state index is 6.11. The Bertz CT molecular complexity index is 2140. The molecule has 0 unspecified atom stereocenters. The summed E-state index contributed by atoms with van der Waals surface area (Å²) in [6.45, 7) is 0. The Balaban J connectivity index is 1.42. The first kappa shape index (κ1) is 20.2. The minimum absolute atomic E-state index is 0.882. The molecule has 0 bridgehead atoms. The molecule has 2 aromatic heterocycles. The standard InChI is InChI=1S/C34H20N2O/c1-2-9-22(10-3-1)32-33(35-28-18-15-21-8-4-5-11-26(21)34(28)36-32)24-14-17-25-23(20-24)16-19-30-31(25)27-12-6-7-13-29(27)37-30/h1-20H. The third-order valence-corrected chi connectivity index (χ3v) is 7.24. The Morgan fingerprint density at radius 2 is 1.22 bits per heavy atom. The van der Waals surface area contributed by atoms with Crippen molar-refractivity contribution in [3.05, 3.63) is 121 Å². The van der Waals surface area contributed by atoms with Crippen molar-refractivity contribution in [2.45, 2.75) is 0 Å². The summed E-state index contributed by atoms with van der Waals surface area (Å²) in [6.07, 6.45) is 0. The van der Waals surface area contributed by atoms with Crippen molar-refractivity contribution in [1.29, 1.82) is 0 Å². The molecule has 0 spiro atoms. The number of aromatic nitrogens is 2. The first-order valence-corrected chi connectivity index (χ1v) is 12.4. The van der Waals surface area contributed by atoms with Crippen LogP contribution in [0.3, 0.4) is 0 Å². The minimum Gasteiger partial charge on any atom is -0.456 e. The minimum atomic E-state index is 0.882. The molecular weight excluding hydrogens is 452 g/mol. The molecule has 0 fully saturated rings. The van der Waals surface area contributed by atoms with Gasteiger partial charge in [-0.15, -0.1) is 0 Å². The van der Waals surface area contributed by atoms with E-state index in [1.54, 1.807) is 0 Å². The summed E-state index contributed by atoms with van der Waals surface area (Å²) in [5, 5.41) is 6.89. The van der Waals surface area contributed by atoms with E-state index >= 15 is 0 Å². The molecule has 2 heterocycles. The summed E-state index contributed by atoms with van der Waals surface area (Å²) in [7, 11) is 0. The Kier molecular flexibility index (Phi) is 4.23. The van der Waals surface area contributed by atoms with Crippen molar-refractivity contribution in [3.63, 3.8) is 0 Å². The maximum absolute atomic E-state index is 6.11. The molecule has 3 heteroatoms. The second-order valence-corrected chi connectivity index (χ2v) is 9.41. The lowest BCUT2D eigenvalue weighted by Gasteiger charge is -2.13. The first-order chi connectivity index (χ1) is 18.3. The van der Waals surface area contributed by atoms with E-state index in [2.05, 4.69) is 103 Å². The van der Waals surface area contributed by atoms with Gasteiger partial charge in [0.05, 0.1) is 22.4 Å². The van der Waals surface area contributed by atoms with Crippen LogP contribution in [0.5, 0.6) is 0 Å². The molecule has 8 rings (SSSR count). The van der Waals surface area contributed by atoms with Crippen molar-refractivity contribution >= 4 is 54.5 Å². The van der Waals surface area contributed by atoms with E-state index in [4.69, 9.17) is 14.4 Å². The Labute approximate surface area is 212 Å². The van der Waals surface area contributed by atoms with Crippen molar-refractivity contribution in [2.24, 2.45) is 0 Å². The molecular formula is C34H20N2O. The molecule has 0 radical (unpaired) electrons. The van der Waals surface area contributed by atoms with Crippen molar-refractivity contribution in [1.82, 2.24) is 9.97 Å². The molecule has 0 aliphatic carbocycles. The molecule has 0 amide bonds. The lowest BCUT2D eigenvalue weighted by atomic mass is 9.98. The zero-order valence-corrected chi connectivity index (χ0v) is 19.8. The van der Waals surface area contributed by atoms with Crippen molar-refractivity contribution in [2.75, 3.05) is 0 Å². The second kappa shape index (κ2) is 7.74. The molecule has 0 saturated heterocycles. The highest BCUT2D eigenvalue weighted by atomic mass is 16.3. The van der Waals surface area contributed by atoms with E-state index < -0.39 is 0 Å². The van der Waals surface area contributed by atoms with Gasteiger partial charge in [-0.3, -0.25) is 0 Å². The van der Waals surface area contributed by atoms with Gasteiger partial charge >= 0.3 is 0 Å². The number of hydrogen-bond acceptors (Lipinski definition) is 3. The van der Waals surface area contributed by atoms with Gasteiger partial charge in [-0.25, -0.2) is 9.97 Å². The van der Waals surface area contributed by atoms with E-state index in [1.807, 2.05) is 18.2 Å². The largest absolute Gasteiger partial charge is 0.456 e. The molecule has 0 N–H and O–H groups in total. The van der Waals surface area contributed by atoms with E-state index in [0.717, 1.165) is 71.6 Å². The van der Waals surface area contributed by atoms with Crippen molar-refractivity contribution in [3.8, 4) is 22.5 Å². The normalized spacial score (nSPS) is 11.8. The molecule has 8 aromatic rings. The molecule has 37 heavy (non-hydrogen) atoms. The van der Waals surface area contributed by atoms with Crippen LogP contribution >= 0.6 is 0 Å². The lowest BCUT2D eigenvalue weighted by molar-refractivity contribution is 0.669. The van der Waals surface area contributed by atoms with Gasteiger partial charge in [0.25, 0.3) is 0 Å². The Morgan fingerprint density at radius 3 is 2.14 bits per heavy atom. The van der Waals surface area contributed by atoms with Gasteiger partial charge in [0.15, 0.2) is 0 Å². The third kappa shape index (κ3) is 3.08. The number of nitrogens with zero attached hydrogens (tertiary/aromatic N) is 2. The number of benzene rings is 6. The number of hydrogen-bond donors (Lipinski definition) is 0. The Morgan fingerprint density at radius 1 is 0.459 bits per heavy atom. The van der Waals surface area contributed by atoms with Crippen LogP contribution in [-0.4, -0.2) is 9.97 Å². The van der Waals surface area contributed by atoms with Gasteiger partial charge < -0.3 is 4.42 Å². The molecule has 0 aliphatic rings. The zero-order chi connectivity index (χ0) is 24.3. The number of furan rings is 1. The van der Waals surface area contributed by atoms with Crippen LogP contribution in [-0.2, 0) is 0 Å². The molecule has 0 atom stereocenters. The number of fused-ring (bicyclic) bond motifs is 8. The molecule has 0 saturated carbocycles. The van der Waals surface area contributed by atoms with Gasteiger partial charge in [-0.1, -0.05) is 97.1 Å². The summed E-state index contributed by atoms with van der Waals surface area (Å²) in [5.41, 5.74) is 7.50. The molecule has 172 valence electrons. The predicted molar refractivity (Wildman–Crippen MR) is 153 cm³/mol. The predicted octanol–water partition coefficient (Wildman–Crippen LogP) is 9.17. The second-order valence-electron chi connectivity index (χ2n) is 9.41. The fourth-order valence-electron chi connectivity index (χ4n) is 5.49. The van der Waals surface area contributed by atoms with Crippen LogP contribution in [0.1, 0.15) is 0 Å². The van der Waals surface area contributed by atoms with Gasteiger partial charge in [-0.05, 0) is 40.4 Å². The van der Waals surface area contributed by atoms with Crippen LogP contribution in [0, 0.1) is 0 Å². The van der Waals surface area contributed by atoms with E-state index in [1.165, 1.54) is 5.39 Å². The van der Waals surface area contributed by atoms with Gasteiger partial charge in [0, 0.05) is 27.3 Å². The average Bonchev–Trinajstić information content (AvgIpc) is 3.36. The fraction of sp³-hybridized carbons (Fsp3) is 0.